The Bertz CT molecular complexity index is 3190. The molecule has 0 saturated carbocycles. The van der Waals surface area contributed by atoms with Gasteiger partial charge in [-0.15, -0.1) is 45.3 Å². The van der Waals surface area contributed by atoms with Crippen molar-refractivity contribution in [3.05, 3.63) is 168 Å². The Morgan fingerprint density at radius 3 is 1.06 bits per heavy atom. The van der Waals surface area contributed by atoms with Crippen molar-refractivity contribution in [2.45, 2.75) is 0 Å². The highest BCUT2D eigenvalue weighted by Crippen LogP contribution is 2.44. The number of thiophene rings is 4. The van der Waals surface area contributed by atoms with E-state index in [-0.39, 0.29) is 0 Å². The summed E-state index contributed by atoms with van der Waals surface area (Å²) in [4.78, 5) is 5.30. The van der Waals surface area contributed by atoms with Crippen LogP contribution in [0.15, 0.2) is 168 Å². The van der Waals surface area contributed by atoms with E-state index in [1.807, 2.05) is 45.3 Å². The monoisotopic (exact) mass is 756 g/mol. The second-order valence-electron chi connectivity index (χ2n) is 14.1. The zero-order valence-corrected chi connectivity index (χ0v) is 32.1. The molecule has 0 N–H and O–H groups in total. The smallest absolute Gasteiger partial charge is 0.0421 e. The average molecular weight is 757 g/mol. The topological polar surface area (TPSA) is 0 Å². The molecule has 0 aliphatic heterocycles. The van der Waals surface area contributed by atoms with Crippen molar-refractivity contribution in [3.8, 4) is 41.8 Å². The SMILES string of the molecule is c1ccc2c(-c3ccc(-c4cc5c(ccc6c5ccc5c7ccc8sc(-c9ccc(-c%10scc%11ccccc%10%11)cc9)cc8c7ccc65)s4)cc3)scc2c1. The van der Waals surface area contributed by atoms with E-state index in [1.54, 1.807) is 0 Å². The number of fused-ring (bicyclic) bond motifs is 11. The third kappa shape index (κ3) is 4.71. The normalized spacial score (nSPS) is 12.1. The van der Waals surface area contributed by atoms with Gasteiger partial charge >= 0.3 is 0 Å². The molecule has 12 aromatic rings. The molecule has 0 unspecified atom stereocenters. The van der Waals surface area contributed by atoms with Gasteiger partial charge in [0.05, 0.1) is 0 Å². The minimum absolute atomic E-state index is 1.27. The van der Waals surface area contributed by atoms with Crippen LogP contribution in [-0.2, 0) is 0 Å². The first-order chi connectivity index (χ1) is 26.7. The van der Waals surface area contributed by atoms with Crippen molar-refractivity contribution in [1.29, 1.82) is 0 Å². The van der Waals surface area contributed by atoms with Gasteiger partial charge in [-0.3, -0.25) is 0 Å². The van der Waals surface area contributed by atoms with Crippen LogP contribution in [0.3, 0.4) is 0 Å². The lowest BCUT2D eigenvalue weighted by atomic mass is 9.94. The molecule has 0 bridgehead atoms. The lowest BCUT2D eigenvalue weighted by Gasteiger charge is -2.09. The minimum atomic E-state index is 1.27. The largest absolute Gasteiger partial charge is 0.143 e. The lowest BCUT2D eigenvalue weighted by molar-refractivity contribution is 1.70. The molecule has 252 valence electrons. The molecule has 0 atom stereocenters. The molecule has 4 heteroatoms. The van der Waals surface area contributed by atoms with Gasteiger partial charge in [0, 0.05) is 50.5 Å². The van der Waals surface area contributed by atoms with Gasteiger partial charge in [0.25, 0.3) is 0 Å². The van der Waals surface area contributed by atoms with Gasteiger partial charge in [0.15, 0.2) is 0 Å². The first-order valence-corrected chi connectivity index (χ1v) is 21.5. The standard InChI is InChI=1S/C50H28S4/c1-3-7-35-33(5-1)27-51-49(35)31-13-9-29(10-14-31)47-25-43-41-19-17-38-37(39(41)21-23-45(43)53-47)18-20-42-40(38)22-24-46-44(42)26-48(54-46)30-11-15-32(16-12-30)50-36-8-4-2-6-34(36)28-52-50/h1-28H. The van der Waals surface area contributed by atoms with Gasteiger partial charge < -0.3 is 0 Å². The van der Waals surface area contributed by atoms with Crippen molar-refractivity contribution in [2.75, 3.05) is 0 Å². The van der Waals surface area contributed by atoms with Crippen LogP contribution in [0, 0.1) is 0 Å². The van der Waals surface area contributed by atoms with Crippen LogP contribution in [0.1, 0.15) is 0 Å². The number of benzene rings is 8. The van der Waals surface area contributed by atoms with Crippen molar-refractivity contribution in [1.82, 2.24) is 0 Å². The Hall–Kier alpha value is -5.62. The second kappa shape index (κ2) is 11.9. The van der Waals surface area contributed by atoms with Gasteiger partial charge in [0.1, 0.15) is 0 Å². The summed E-state index contributed by atoms with van der Waals surface area (Å²) in [6.07, 6.45) is 0. The van der Waals surface area contributed by atoms with E-state index in [2.05, 4.69) is 168 Å². The van der Waals surface area contributed by atoms with E-state index in [0.29, 0.717) is 0 Å². The Kier molecular flexibility index (Phi) is 6.81. The maximum Gasteiger partial charge on any atom is 0.0421 e. The Morgan fingerprint density at radius 1 is 0.278 bits per heavy atom. The van der Waals surface area contributed by atoms with E-state index < -0.39 is 0 Å². The van der Waals surface area contributed by atoms with Gasteiger partial charge in [-0.2, -0.15) is 0 Å². The molecule has 8 aromatic carbocycles. The molecule has 0 fully saturated rings. The number of hydrogen-bond acceptors (Lipinski definition) is 4. The number of hydrogen-bond donors (Lipinski definition) is 0. The Labute approximate surface area is 327 Å². The average Bonchev–Trinajstić information content (AvgIpc) is 4.05. The zero-order chi connectivity index (χ0) is 35.3. The van der Waals surface area contributed by atoms with Crippen LogP contribution in [0.25, 0.3) is 116 Å². The minimum Gasteiger partial charge on any atom is -0.143 e. The molecule has 4 aromatic heterocycles. The van der Waals surface area contributed by atoms with Gasteiger partial charge in [0.2, 0.25) is 0 Å². The highest BCUT2D eigenvalue weighted by Gasteiger charge is 2.15. The van der Waals surface area contributed by atoms with Gasteiger partial charge in [-0.1, -0.05) is 133 Å². The third-order valence-corrected chi connectivity index (χ3v) is 15.5. The van der Waals surface area contributed by atoms with Crippen molar-refractivity contribution in [2.24, 2.45) is 0 Å². The molecule has 0 amide bonds. The van der Waals surface area contributed by atoms with Crippen molar-refractivity contribution < 1.29 is 0 Å². The molecule has 54 heavy (non-hydrogen) atoms. The fourth-order valence-electron chi connectivity index (χ4n) is 8.37. The third-order valence-electron chi connectivity index (χ3n) is 11.1. The predicted molar refractivity (Wildman–Crippen MR) is 242 cm³/mol. The molecule has 0 spiro atoms. The predicted octanol–water partition coefficient (Wildman–Crippen LogP) is 16.7. The van der Waals surface area contributed by atoms with E-state index in [1.165, 1.54) is 116 Å². The first kappa shape index (κ1) is 30.8. The maximum atomic E-state index is 2.40. The first-order valence-electron chi connectivity index (χ1n) is 18.1. The molecule has 0 radical (unpaired) electrons. The Balaban J connectivity index is 0.900. The van der Waals surface area contributed by atoms with E-state index in [4.69, 9.17) is 0 Å². The molecular formula is C50H28S4. The molecule has 0 nitrogen and oxygen atoms in total. The van der Waals surface area contributed by atoms with Crippen molar-refractivity contribution >= 4 is 119 Å². The van der Waals surface area contributed by atoms with Crippen LogP contribution >= 0.6 is 45.3 Å². The lowest BCUT2D eigenvalue weighted by Crippen LogP contribution is -1.82. The summed E-state index contributed by atoms with van der Waals surface area (Å²) in [6, 6.07) is 59.1. The van der Waals surface area contributed by atoms with Gasteiger partial charge in [-0.05, 0) is 100 Å². The fourth-order valence-corrected chi connectivity index (χ4v) is 12.6. The summed E-state index contributed by atoms with van der Waals surface area (Å²) >= 11 is 7.43. The highest BCUT2D eigenvalue weighted by atomic mass is 32.1. The van der Waals surface area contributed by atoms with Crippen LogP contribution in [0.4, 0.5) is 0 Å². The van der Waals surface area contributed by atoms with Crippen LogP contribution in [0.2, 0.25) is 0 Å². The van der Waals surface area contributed by atoms with Crippen LogP contribution < -0.4 is 0 Å². The fraction of sp³-hybridized carbons (Fsp3) is 0. The van der Waals surface area contributed by atoms with Crippen LogP contribution in [0.5, 0.6) is 0 Å². The number of rotatable bonds is 4. The summed E-state index contributed by atoms with van der Waals surface area (Å²) < 4.78 is 2.66. The quantitative estimate of drug-likeness (QED) is 0.157. The molecule has 4 heterocycles. The summed E-state index contributed by atoms with van der Waals surface area (Å²) in [7, 11) is 0. The molecule has 0 aliphatic rings. The second-order valence-corrected chi connectivity index (χ2v) is 18.0. The van der Waals surface area contributed by atoms with E-state index in [0.717, 1.165) is 0 Å². The molecule has 12 rings (SSSR count). The Morgan fingerprint density at radius 2 is 0.630 bits per heavy atom. The molecule has 0 saturated heterocycles. The summed E-state index contributed by atoms with van der Waals surface area (Å²) in [5.41, 5.74) is 5.10. The van der Waals surface area contributed by atoms with Crippen LogP contribution in [-0.4, -0.2) is 0 Å². The highest BCUT2D eigenvalue weighted by molar-refractivity contribution is 7.22. The molecule has 0 aliphatic carbocycles. The van der Waals surface area contributed by atoms with E-state index >= 15 is 0 Å². The zero-order valence-electron chi connectivity index (χ0n) is 28.8. The molecular weight excluding hydrogens is 729 g/mol. The summed E-state index contributed by atoms with van der Waals surface area (Å²) in [5.74, 6) is 0. The van der Waals surface area contributed by atoms with E-state index in [9.17, 15) is 0 Å². The van der Waals surface area contributed by atoms with Gasteiger partial charge in [-0.25, -0.2) is 0 Å². The maximum absolute atomic E-state index is 2.40. The summed E-state index contributed by atoms with van der Waals surface area (Å²) in [5, 5.41) is 20.4. The summed E-state index contributed by atoms with van der Waals surface area (Å²) in [6.45, 7) is 0. The van der Waals surface area contributed by atoms with Crippen molar-refractivity contribution in [3.63, 3.8) is 0 Å².